The van der Waals surface area contributed by atoms with Crippen LogP contribution < -0.4 is 0 Å². The maximum atomic E-state index is 2.47. The number of para-hydroxylation sites is 2. The van der Waals surface area contributed by atoms with E-state index in [-0.39, 0.29) is 5.41 Å². The largest absolute Gasteiger partial charge is 0.309 e. The van der Waals surface area contributed by atoms with Crippen LogP contribution in [0, 0.1) is 0 Å². The molecule has 44 heavy (non-hydrogen) atoms. The second kappa shape index (κ2) is 8.36. The standard InChI is InChI=1S/C43H29N/c1-43(2)37-23-29(31-20-17-28-16-15-26-9-8-10-27-18-22-34(31)42(28)41(26)27)19-21-32(37)35-24-36-33-13-6-7-14-39(33)44(40(36)25-38(35)43)30-11-4-3-5-12-30/h3-25H,1-2H3. The van der Waals surface area contributed by atoms with Crippen molar-refractivity contribution in [1.29, 1.82) is 0 Å². The molecule has 0 atom stereocenters. The lowest BCUT2D eigenvalue weighted by molar-refractivity contribution is 0.661. The van der Waals surface area contributed by atoms with Gasteiger partial charge in [0.2, 0.25) is 0 Å². The molecule has 1 heterocycles. The average molecular weight is 560 g/mol. The summed E-state index contributed by atoms with van der Waals surface area (Å²) >= 11 is 0. The first-order valence-electron chi connectivity index (χ1n) is 15.5. The molecular weight excluding hydrogens is 530 g/mol. The molecular formula is C43H29N. The summed E-state index contributed by atoms with van der Waals surface area (Å²) in [5, 5.41) is 10.6. The van der Waals surface area contributed by atoms with Crippen LogP contribution in [0.2, 0.25) is 0 Å². The van der Waals surface area contributed by atoms with Gasteiger partial charge in [0.05, 0.1) is 11.0 Å². The van der Waals surface area contributed by atoms with Crippen LogP contribution in [-0.2, 0) is 5.41 Å². The van der Waals surface area contributed by atoms with Gasteiger partial charge in [-0.3, -0.25) is 0 Å². The lowest BCUT2D eigenvalue weighted by Crippen LogP contribution is -2.15. The van der Waals surface area contributed by atoms with E-state index in [1.54, 1.807) is 0 Å². The number of benzene rings is 8. The molecule has 0 N–H and O–H groups in total. The zero-order chi connectivity index (χ0) is 29.2. The molecule has 1 aromatic heterocycles. The first kappa shape index (κ1) is 24.1. The predicted molar refractivity (Wildman–Crippen MR) is 187 cm³/mol. The summed E-state index contributed by atoms with van der Waals surface area (Å²) in [5.41, 5.74) is 11.7. The van der Waals surface area contributed by atoms with Crippen LogP contribution in [0.5, 0.6) is 0 Å². The molecule has 8 aromatic carbocycles. The predicted octanol–water partition coefficient (Wildman–Crippen LogP) is 11.7. The fourth-order valence-electron chi connectivity index (χ4n) is 8.21. The van der Waals surface area contributed by atoms with Crippen LogP contribution in [0.25, 0.3) is 82.1 Å². The summed E-state index contributed by atoms with van der Waals surface area (Å²) in [6.45, 7) is 4.79. The quantitative estimate of drug-likeness (QED) is 0.186. The molecule has 206 valence electrons. The van der Waals surface area contributed by atoms with Crippen molar-refractivity contribution in [3.05, 3.63) is 151 Å². The molecule has 9 aromatic rings. The first-order valence-corrected chi connectivity index (χ1v) is 15.5. The number of hydrogen-bond donors (Lipinski definition) is 0. The minimum Gasteiger partial charge on any atom is -0.309 e. The molecule has 1 aliphatic carbocycles. The molecule has 0 saturated heterocycles. The number of nitrogens with zero attached hydrogens (tertiary/aromatic N) is 1. The van der Waals surface area contributed by atoms with E-state index >= 15 is 0 Å². The lowest BCUT2D eigenvalue weighted by atomic mass is 9.81. The highest BCUT2D eigenvalue weighted by molar-refractivity contribution is 6.25. The Bertz CT molecular complexity index is 2600. The van der Waals surface area contributed by atoms with Gasteiger partial charge in [-0.1, -0.05) is 117 Å². The first-order chi connectivity index (χ1) is 21.6. The van der Waals surface area contributed by atoms with E-state index in [1.807, 2.05) is 0 Å². The van der Waals surface area contributed by atoms with Gasteiger partial charge in [0.15, 0.2) is 0 Å². The van der Waals surface area contributed by atoms with Crippen LogP contribution in [0.15, 0.2) is 140 Å². The Kier molecular flexibility index (Phi) is 4.58. The van der Waals surface area contributed by atoms with Gasteiger partial charge in [0.1, 0.15) is 0 Å². The Morgan fingerprint density at radius 2 is 1.11 bits per heavy atom. The molecule has 1 nitrogen and oxygen atoms in total. The second-order valence-electron chi connectivity index (χ2n) is 13.0. The lowest BCUT2D eigenvalue weighted by Gasteiger charge is -2.23. The second-order valence-corrected chi connectivity index (χ2v) is 13.0. The van der Waals surface area contributed by atoms with Crippen LogP contribution in [0.1, 0.15) is 25.0 Å². The van der Waals surface area contributed by atoms with Gasteiger partial charge in [-0.2, -0.15) is 0 Å². The van der Waals surface area contributed by atoms with Crippen molar-refractivity contribution in [2.24, 2.45) is 0 Å². The molecule has 0 fully saturated rings. The van der Waals surface area contributed by atoms with Crippen LogP contribution in [0.3, 0.4) is 0 Å². The highest BCUT2D eigenvalue weighted by Gasteiger charge is 2.36. The summed E-state index contributed by atoms with van der Waals surface area (Å²) in [4.78, 5) is 0. The van der Waals surface area contributed by atoms with Gasteiger partial charge in [0.25, 0.3) is 0 Å². The smallest absolute Gasteiger partial charge is 0.0544 e. The number of aromatic nitrogens is 1. The Hall–Kier alpha value is -5.40. The van der Waals surface area contributed by atoms with Crippen molar-refractivity contribution in [2.45, 2.75) is 19.3 Å². The molecule has 0 amide bonds. The van der Waals surface area contributed by atoms with Crippen molar-refractivity contribution in [1.82, 2.24) is 4.57 Å². The third-order valence-corrected chi connectivity index (χ3v) is 10.3. The van der Waals surface area contributed by atoms with Crippen molar-refractivity contribution in [2.75, 3.05) is 0 Å². The topological polar surface area (TPSA) is 4.93 Å². The van der Waals surface area contributed by atoms with Gasteiger partial charge >= 0.3 is 0 Å². The van der Waals surface area contributed by atoms with E-state index in [9.17, 15) is 0 Å². The Morgan fingerprint density at radius 1 is 0.432 bits per heavy atom. The van der Waals surface area contributed by atoms with E-state index in [0.717, 1.165) is 0 Å². The molecule has 0 aliphatic heterocycles. The van der Waals surface area contributed by atoms with Crippen LogP contribution in [-0.4, -0.2) is 4.57 Å². The summed E-state index contributed by atoms with van der Waals surface area (Å²) in [7, 11) is 0. The average Bonchev–Trinajstić information content (AvgIpc) is 3.51. The van der Waals surface area contributed by atoms with Crippen LogP contribution in [0.4, 0.5) is 0 Å². The highest BCUT2D eigenvalue weighted by Crippen LogP contribution is 2.52. The Labute approximate surface area is 255 Å². The van der Waals surface area contributed by atoms with Gasteiger partial charge in [-0.05, 0) is 102 Å². The fourth-order valence-corrected chi connectivity index (χ4v) is 8.21. The van der Waals surface area contributed by atoms with Crippen LogP contribution >= 0.6 is 0 Å². The molecule has 0 saturated carbocycles. The third-order valence-electron chi connectivity index (χ3n) is 10.3. The molecule has 0 spiro atoms. The zero-order valence-corrected chi connectivity index (χ0v) is 24.7. The minimum absolute atomic E-state index is 0.128. The van der Waals surface area contributed by atoms with Crippen molar-refractivity contribution < 1.29 is 0 Å². The summed E-state index contributed by atoms with van der Waals surface area (Å²) in [5.74, 6) is 0. The molecule has 0 bridgehead atoms. The molecule has 10 rings (SSSR count). The van der Waals surface area contributed by atoms with Crippen molar-refractivity contribution >= 4 is 54.1 Å². The maximum Gasteiger partial charge on any atom is 0.0544 e. The number of hydrogen-bond acceptors (Lipinski definition) is 0. The van der Waals surface area contributed by atoms with Gasteiger partial charge in [0, 0.05) is 21.9 Å². The Morgan fingerprint density at radius 3 is 1.95 bits per heavy atom. The molecule has 1 aliphatic rings. The SMILES string of the molecule is CC1(C)c2cc(-c3ccc4ccc5cccc6ccc3c4c56)ccc2-c2cc3c4ccccc4n(-c4ccccc4)c3cc21. The van der Waals surface area contributed by atoms with Gasteiger partial charge in [-0.25, -0.2) is 0 Å². The molecule has 0 unspecified atom stereocenters. The zero-order valence-electron chi connectivity index (χ0n) is 24.7. The summed E-state index contributed by atoms with van der Waals surface area (Å²) in [6, 6.07) is 52.1. The van der Waals surface area contributed by atoms with E-state index < -0.39 is 0 Å². The maximum absolute atomic E-state index is 2.47. The summed E-state index contributed by atoms with van der Waals surface area (Å²) < 4.78 is 2.43. The van der Waals surface area contributed by atoms with Crippen molar-refractivity contribution in [3.8, 4) is 27.9 Å². The molecule has 0 radical (unpaired) electrons. The normalized spacial score (nSPS) is 13.9. The van der Waals surface area contributed by atoms with Crippen molar-refractivity contribution in [3.63, 3.8) is 0 Å². The van der Waals surface area contributed by atoms with E-state index in [2.05, 4.69) is 158 Å². The van der Waals surface area contributed by atoms with Gasteiger partial charge in [-0.15, -0.1) is 0 Å². The summed E-state index contributed by atoms with van der Waals surface area (Å²) in [6.07, 6.45) is 0. The van der Waals surface area contributed by atoms with Gasteiger partial charge < -0.3 is 4.57 Å². The van der Waals surface area contributed by atoms with E-state index in [1.165, 1.54) is 93.2 Å². The number of fused-ring (bicyclic) bond motifs is 6. The molecule has 1 heteroatoms. The third kappa shape index (κ3) is 3.04. The van der Waals surface area contributed by atoms with E-state index in [0.29, 0.717) is 0 Å². The van der Waals surface area contributed by atoms with E-state index in [4.69, 9.17) is 0 Å². The number of rotatable bonds is 2. The monoisotopic (exact) mass is 559 g/mol. The highest BCUT2D eigenvalue weighted by atomic mass is 15.0. The minimum atomic E-state index is -0.128. The Balaban J connectivity index is 1.21. The fraction of sp³-hybridized carbons (Fsp3) is 0.0698.